The molecule has 0 aliphatic heterocycles. The summed E-state index contributed by atoms with van der Waals surface area (Å²) >= 11 is 0. The molecule has 0 amide bonds. The SMILES string of the molecule is CCCCCCCCCCCCCCCCCC/C=[C]\O. The molecule has 0 aromatic heterocycles. The highest BCUT2D eigenvalue weighted by Gasteiger charge is 1.94. The minimum Gasteiger partial charge on any atom is -0.504 e. The molecule has 0 unspecified atom stereocenters. The second-order valence-electron chi connectivity index (χ2n) is 6.43. The van der Waals surface area contributed by atoms with Crippen molar-refractivity contribution in [2.45, 2.75) is 116 Å². The zero-order chi connectivity index (χ0) is 15.4. The van der Waals surface area contributed by atoms with Crippen LogP contribution in [0.25, 0.3) is 0 Å². The topological polar surface area (TPSA) is 20.2 Å². The third-order valence-corrected chi connectivity index (χ3v) is 4.29. The Hall–Kier alpha value is -0.460. The van der Waals surface area contributed by atoms with Crippen LogP contribution in [-0.4, -0.2) is 5.11 Å². The summed E-state index contributed by atoms with van der Waals surface area (Å²) in [6.45, 7) is 2.29. The quantitative estimate of drug-likeness (QED) is 0.217. The summed E-state index contributed by atoms with van der Waals surface area (Å²) in [6.07, 6.45) is 27.3. The van der Waals surface area contributed by atoms with Crippen LogP contribution < -0.4 is 0 Å². The van der Waals surface area contributed by atoms with Crippen molar-refractivity contribution in [3.8, 4) is 0 Å². The molecule has 0 aromatic rings. The number of allylic oxidation sites excluding steroid dienone is 1. The molecule has 1 nitrogen and oxygen atoms in total. The van der Waals surface area contributed by atoms with Crippen LogP contribution in [0.1, 0.15) is 116 Å². The van der Waals surface area contributed by atoms with Gasteiger partial charge in [0.05, 0.1) is 0 Å². The summed E-state index contributed by atoms with van der Waals surface area (Å²) in [5.74, 6) is 0. The van der Waals surface area contributed by atoms with E-state index in [1.54, 1.807) is 6.08 Å². The van der Waals surface area contributed by atoms with Crippen molar-refractivity contribution in [2.75, 3.05) is 0 Å². The summed E-state index contributed by atoms with van der Waals surface area (Å²) in [5, 5.41) is 8.39. The predicted octanol–water partition coefficient (Wildman–Crippen LogP) is 7.51. The van der Waals surface area contributed by atoms with E-state index in [0.29, 0.717) is 0 Å². The van der Waals surface area contributed by atoms with Crippen molar-refractivity contribution in [3.63, 3.8) is 0 Å². The summed E-state index contributed by atoms with van der Waals surface area (Å²) in [4.78, 5) is 0. The zero-order valence-electron chi connectivity index (χ0n) is 14.5. The molecule has 0 fully saturated rings. The Kier molecular flexibility index (Phi) is 19.1. The van der Waals surface area contributed by atoms with Crippen LogP contribution in [-0.2, 0) is 0 Å². The molecule has 0 bridgehead atoms. The third-order valence-electron chi connectivity index (χ3n) is 4.29. The fourth-order valence-corrected chi connectivity index (χ4v) is 2.86. The Balaban J connectivity index is 2.93. The Morgan fingerprint density at radius 2 is 0.905 bits per heavy atom. The maximum absolute atomic E-state index is 8.39. The first-order valence-corrected chi connectivity index (χ1v) is 9.63. The van der Waals surface area contributed by atoms with E-state index < -0.39 is 0 Å². The Morgan fingerprint density at radius 3 is 1.24 bits per heavy atom. The first-order valence-electron chi connectivity index (χ1n) is 9.63. The minimum atomic E-state index is 0.981. The molecule has 1 N–H and O–H groups in total. The van der Waals surface area contributed by atoms with Crippen LogP contribution >= 0.6 is 0 Å². The van der Waals surface area contributed by atoms with E-state index in [2.05, 4.69) is 13.2 Å². The molecule has 1 heteroatoms. The molecule has 21 heavy (non-hydrogen) atoms. The highest BCUT2D eigenvalue weighted by Crippen LogP contribution is 2.13. The van der Waals surface area contributed by atoms with Gasteiger partial charge in [0.15, 0.2) is 6.26 Å². The van der Waals surface area contributed by atoms with Gasteiger partial charge in [-0.1, -0.05) is 103 Å². The van der Waals surface area contributed by atoms with Crippen LogP contribution in [0.4, 0.5) is 0 Å². The Bertz CT molecular complexity index is 198. The van der Waals surface area contributed by atoms with Gasteiger partial charge in [0.2, 0.25) is 0 Å². The van der Waals surface area contributed by atoms with Crippen LogP contribution in [0, 0.1) is 6.26 Å². The molecule has 1 radical (unpaired) electrons. The lowest BCUT2D eigenvalue weighted by Crippen LogP contribution is -1.83. The molecule has 125 valence electrons. The van der Waals surface area contributed by atoms with Gasteiger partial charge in [0.1, 0.15) is 0 Å². The molecular weight excluding hydrogens is 256 g/mol. The van der Waals surface area contributed by atoms with Crippen molar-refractivity contribution in [3.05, 3.63) is 12.3 Å². The monoisotopic (exact) mass is 295 g/mol. The van der Waals surface area contributed by atoms with Crippen LogP contribution in [0.5, 0.6) is 0 Å². The van der Waals surface area contributed by atoms with E-state index in [-0.39, 0.29) is 0 Å². The van der Waals surface area contributed by atoms with E-state index >= 15 is 0 Å². The van der Waals surface area contributed by atoms with Gasteiger partial charge in [-0.05, 0) is 18.9 Å². The average molecular weight is 296 g/mol. The minimum absolute atomic E-state index is 0.981. The van der Waals surface area contributed by atoms with E-state index in [4.69, 9.17) is 5.11 Å². The standard InChI is InChI=1S/C20H39O/c1-2-3-4-5-6-7-8-9-10-11-12-13-14-15-16-17-18-19-20-21/h19,21H,2-18H2,1H3. The zero-order valence-corrected chi connectivity index (χ0v) is 14.5. The molecular formula is C20H39O. The highest BCUT2D eigenvalue weighted by atomic mass is 16.2. The maximum atomic E-state index is 8.39. The van der Waals surface area contributed by atoms with E-state index in [1.165, 1.54) is 103 Å². The molecule has 0 saturated heterocycles. The molecule has 0 saturated carbocycles. The van der Waals surface area contributed by atoms with Gasteiger partial charge < -0.3 is 5.11 Å². The normalized spacial score (nSPS) is 11.5. The molecule has 0 aliphatic carbocycles. The average Bonchev–Trinajstić information content (AvgIpc) is 2.50. The van der Waals surface area contributed by atoms with Gasteiger partial charge in [0, 0.05) is 0 Å². The van der Waals surface area contributed by atoms with Gasteiger partial charge in [-0.2, -0.15) is 0 Å². The number of hydrogen-bond acceptors (Lipinski definition) is 1. The third kappa shape index (κ3) is 19.5. The Labute approximate surface area is 134 Å². The number of rotatable bonds is 17. The summed E-state index contributed by atoms with van der Waals surface area (Å²) in [5.41, 5.74) is 0. The van der Waals surface area contributed by atoms with Gasteiger partial charge in [0.25, 0.3) is 0 Å². The lowest BCUT2D eigenvalue weighted by atomic mass is 10.0. The van der Waals surface area contributed by atoms with Crippen molar-refractivity contribution in [1.82, 2.24) is 0 Å². The Morgan fingerprint density at radius 1 is 0.571 bits per heavy atom. The van der Waals surface area contributed by atoms with Crippen LogP contribution in [0.15, 0.2) is 6.08 Å². The second-order valence-corrected chi connectivity index (χ2v) is 6.43. The van der Waals surface area contributed by atoms with E-state index in [1.807, 2.05) is 0 Å². The largest absolute Gasteiger partial charge is 0.504 e. The first-order chi connectivity index (χ1) is 10.4. The van der Waals surface area contributed by atoms with Crippen molar-refractivity contribution >= 4 is 0 Å². The summed E-state index contributed by atoms with van der Waals surface area (Å²) < 4.78 is 0. The van der Waals surface area contributed by atoms with Crippen molar-refractivity contribution in [1.29, 1.82) is 0 Å². The smallest absolute Gasteiger partial charge is 0.152 e. The first kappa shape index (κ1) is 20.5. The van der Waals surface area contributed by atoms with Gasteiger partial charge in [-0.15, -0.1) is 0 Å². The molecule has 0 aromatic carbocycles. The lowest BCUT2D eigenvalue weighted by molar-refractivity contribution is 0.438. The lowest BCUT2D eigenvalue weighted by Gasteiger charge is -2.03. The number of aliphatic hydroxyl groups is 1. The van der Waals surface area contributed by atoms with E-state index in [0.717, 1.165) is 6.42 Å². The van der Waals surface area contributed by atoms with Gasteiger partial charge >= 0.3 is 0 Å². The van der Waals surface area contributed by atoms with Crippen molar-refractivity contribution < 1.29 is 5.11 Å². The molecule has 0 aliphatic rings. The van der Waals surface area contributed by atoms with Crippen LogP contribution in [0.2, 0.25) is 0 Å². The van der Waals surface area contributed by atoms with Gasteiger partial charge in [-0.3, -0.25) is 0 Å². The summed E-state index contributed by atoms with van der Waals surface area (Å²) in [7, 11) is 0. The van der Waals surface area contributed by atoms with E-state index in [9.17, 15) is 0 Å². The highest BCUT2D eigenvalue weighted by molar-refractivity contribution is 4.65. The number of hydrogen-bond donors (Lipinski definition) is 1. The fourth-order valence-electron chi connectivity index (χ4n) is 2.86. The molecule has 0 atom stereocenters. The maximum Gasteiger partial charge on any atom is 0.152 e. The van der Waals surface area contributed by atoms with Gasteiger partial charge in [-0.25, -0.2) is 0 Å². The summed E-state index contributed by atoms with van der Waals surface area (Å²) in [6, 6.07) is 0. The fraction of sp³-hybridized carbons (Fsp3) is 0.900. The van der Waals surface area contributed by atoms with Crippen molar-refractivity contribution in [2.24, 2.45) is 0 Å². The molecule has 0 rings (SSSR count). The van der Waals surface area contributed by atoms with Crippen LogP contribution in [0.3, 0.4) is 0 Å². The number of unbranched alkanes of at least 4 members (excludes halogenated alkanes) is 16. The second kappa shape index (κ2) is 19.5. The number of aliphatic hydroxyl groups excluding tert-OH is 1. The molecule has 0 spiro atoms. The predicted molar refractivity (Wildman–Crippen MR) is 94.6 cm³/mol. The molecule has 0 heterocycles.